The van der Waals surface area contributed by atoms with Crippen LogP contribution in [0.3, 0.4) is 0 Å². The molecule has 1 atom stereocenters. The first-order valence-electron chi connectivity index (χ1n) is 8.83. The number of rotatable bonds is 8. The Bertz CT molecular complexity index is 905. The van der Waals surface area contributed by atoms with Crippen LogP contribution in [-0.2, 0) is 16.5 Å². The van der Waals surface area contributed by atoms with Gasteiger partial charge in [0.1, 0.15) is 0 Å². The molecule has 1 heterocycles. The number of hydrogen-bond donors (Lipinski definition) is 1. The minimum Gasteiger partial charge on any atom is -0.285 e. The highest BCUT2D eigenvalue weighted by molar-refractivity contribution is 7.86. The van der Waals surface area contributed by atoms with E-state index < -0.39 is 27.2 Å². The summed E-state index contributed by atoms with van der Waals surface area (Å²) in [7, 11) is -4.26. The third kappa shape index (κ3) is 4.43. The van der Waals surface area contributed by atoms with Crippen LogP contribution in [0, 0.1) is 0 Å². The van der Waals surface area contributed by atoms with Gasteiger partial charge in [-0.05, 0) is 43.4 Å². The van der Waals surface area contributed by atoms with Crippen molar-refractivity contribution in [3.05, 3.63) is 71.3 Å². The maximum Gasteiger partial charge on any atom is 0.267 e. The zero-order valence-electron chi connectivity index (χ0n) is 14.7. The van der Waals surface area contributed by atoms with Crippen molar-refractivity contribution in [2.75, 3.05) is 6.54 Å². The van der Waals surface area contributed by atoms with Crippen molar-refractivity contribution in [3.8, 4) is 0 Å². The van der Waals surface area contributed by atoms with Crippen LogP contribution in [0.1, 0.15) is 45.5 Å². The second kappa shape index (κ2) is 8.02. The largest absolute Gasteiger partial charge is 0.285 e. The predicted octanol–water partition coefficient (Wildman–Crippen LogP) is 2.95. The summed E-state index contributed by atoms with van der Waals surface area (Å²) in [6.45, 7) is -0.0395. The average molecular weight is 387 g/mol. The van der Waals surface area contributed by atoms with E-state index in [1.165, 1.54) is 0 Å². The molecule has 0 fully saturated rings. The fraction of sp³-hybridized carbons (Fsp3) is 0.300. The van der Waals surface area contributed by atoms with Crippen molar-refractivity contribution >= 4 is 21.9 Å². The summed E-state index contributed by atoms with van der Waals surface area (Å²) in [4.78, 5) is 25.8. The Morgan fingerprint density at radius 3 is 1.96 bits per heavy atom. The van der Waals surface area contributed by atoms with E-state index in [1.54, 1.807) is 24.3 Å². The summed E-state index contributed by atoms with van der Waals surface area (Å²) in [5, 5.41) is -1.01. The number of amides is 2. The molecule has 1 N–H and O–H groups in total. The van der Waals surface area contributed by atoms with Crippen LogP contribution in [0.15, 0.2) is 54.6 Å². The molecule has 2 aromatic rings. The van der Waals surface area contributed by atoms with Crippen molar-refractivity contribution < 1.29 is 22.6 Å². The van der Waals surface area contributed by atoms with E-state index in [-0.39, 0.29) is 19.4 Å². The van der Waals surface area contributed by atoms with E-state index in [0.717, 1.165) is 10.5 Å². The molecular weight excluding hydrogens is 366 g/mol. The monoisotopic (exact) mass is 387 g/mol. The van der Waals surface area contributed by atoms with E-state index in [0.29, 0.717) is 24.0 Å². The van der Waals surface area contributed by atoms with Gasteiger partial charge in [-0.25, -0.2) is 0 Å². The third-order valence-electron chi connectivity index (χ3n) is 4.81. The number of carbonyl (C=O) groups excluding carboxylic acids is 2. The lowest BCUT2D eigenvalue weighted by molar-refractivity contribution is 0.0651. The van der Waals surface area contributed by atoms with E-state index in [4.69, 9.17) is 0 Å². The number of fused-ring (bicyclic) bond motifs is 1. The lowest BCUT2D eigenvalue weighted by Crippen LogP contribution is -2.34. The number of aryl methyl sites for hydroxylation is 1. The van der Waals surface area contributed by atoms with Crippen molar-refractivity contribution in [1.29, 1.82) is 0 Å². The van der Waals surface area contributed by atoms with Gasteiger partial charge in [0, 0.05) is 6.54 Å². The Labute approximate surface area is 158 Å². The summed E-state index contributed by atoms with van der Waals surface area (Å²) in [6.07, 6.45) is 1.55. The molecule has 27 heavy (non-hydrogen) atoms. The van der Waals surface area contributed by atoms with Gasteiger partial charge in [0.15, 0.2) is 0 Å². The molecular formula is C20H21NO5S. The van der Waals surface area contributed by atoms with Gasteiger partial charge in [-0.3, -0.25) is 19.0 Å². The lowest BCUT2D eigenvalue weighted by atomic mass is 10.1. The second-order valence-corrected chi connectivity index (χ2v) is 8.31. The highest BCUT2D eigenvalue weighted by Gasteiger charge is 2.36. The molecule has 7 heteroatoms. The molecule has 1 aliphatic rings. The minimum absolute atomic E-state index is 0.0130. The Morgan fingerprint density at radius 2 is 1.41 bits per heavy atom. The van der Waals surface area contributed by atoms with Gasteiger partial charge >= 0.3 is 0 Å². The normalized spacial score (nSPS) is 15.1. The highest BCUT2D eigenvalue weighted by Crippen LogP contribution is 2.24. The van der Waals surface area contributed by atoms with E-state index >= 15 is 0 Å². The maximum absolute atomic E-state index is 12.4. The number of nitrogens with zero attached hydrogens (tertiary/aromatic N) is 1. The van der Waals surface area contributed by atoms with Crippen molar-refractivity contribution in [1.82, 2.24) is 4.90 Å². The summed E-state index contributed by atoms with van der Waals surface area (Å²) in [5.74, 6) is -0.844. The molecule has 0 aliphatic carbocycles. The molecule has 0 saturated carbocycles. The Kier molecular flexibility index (Phi) is 5.72. The fourth-order valence-corrected chi connectivity index (χ4v) is 4.20. The molecule has 142 valence electrons. The number of benzene rings is 2. The zero-order chi connectivity index (χ0) is 19.4. The average Bonchev–Trinajstić information content (AvgIpc) is 2.89. The number of imide groups is 1. The highest BCUT2D eigenvalue weighted by atomic mass is 32.2. The fourth-order valence-electron chi connectivity index (χ4n) is 3.34. The van der Waals surface area contributed by atoms with Crippen LogP contribution < -0.4 is 0 Å². The van der Waals surface area contributed by atoms with E-state index in [1.807, 2.05) is 30.3 Å². The summed E-state index contributed by atoms with van der Waals surface area (Å²) in [6, 6.07) is 16.2. The van der Waals surface area contributed by atoms with Crippen molar-refractivity contribution in [2.24, 2.45) is 0 Å². The first kappa shape index (κ1) is 19.3. The molecule has 1 aliphatic heterocycles. The molecule has 1 unspecified atom stereocenters. The third-order valence-corrected chi connectivity index (χ3v) is 6.12. The van der Waals surface area contributed by atoms with Crippen LogP contribution in [0.5, 0.6) is 0 Å². The lowest BCUT2D eigenvalue weighted by Gasteiger charge is -2.18. The van der Waals surface area contributed by atoms with E-state index in [9.17, 15) is 22.6 Å². The number of hydrogen-bond acceptors (Lipinski definition) is 4. The van der Waals surface area contributed by atoms with Crippen LogP contribution in [0.4, 0.5) is 0 Å². The molecule has 3 rings (SSSR count). The van der Waals surface area contributed by atoms with Gasteiger partial charge in [0.2, 0.25) is 0 Å². The smallest absolute Gasteiger partial charge is 0.267 e. The summed E-state index contributed by atoms with van der Waals surface area (Å²) < 4.78 is 33.0. The van der Waals surface area contributed by atoms with Gasteiger partial charge < -0.3 is 0 Å². The van der Waals surface area contributed by atoms with Crippen LogP contribution in [0.2, 0.25) is 0 Å². The Morgan fingerprint density at radius 1 is 0.852 bits per heavy atom. The minimum atomic E-state index is -4.26. The van der Waals surface area contributed by atoms with Gasteiger partial charge in [-0.1, -0.05) is 42.5 Å². The summed E-state index contributed by atoms with van der Waals surface area (Å²) in [5.41, 5.74) is 1.75. The Hall–Kier alpha value is -2.51. The van der Waals surface area contributed by atoms with Crippen LogP contribution in [0.25, 0.3) is 0 Å². The molecule has 6 nitrogen and oxygen atoms in total. The molecule has 2 amide bonds. The molecule has 0 saturated heterocycles. The first-order chi connectivity index (χ1) is 12.9. The number of carbonyl (C=O) groups is 2. The van der Waals surface area contributed by atoms with Gasteiger partial charge in [-0.15, -0.1) is 0 Å². The standard InChI is InChI=1S/C20H21NO5S/c22-19-17-11-4-5-12-18(17)20(23)21(19)14-13-16(27(24,25)26)10-6-9-15-7-2-1-3-8-15/h1-5,7-8,11-12,16H,6,9-10,13-14H2,(H,24,25,26). The van der Waals surface area contributed by atoms with Gasteiger partial charge in [0.25, 0.3) is 21.9 Å². The predicted molar refractivity (Wildman–Crippen MR) is 101 cm³/mol. The van der Waals surface area contributed by atoms with Crippen LogP contribution in [-0.4, -0.2) is 41.5 Å². The molecule has 2 aromatic carbocycles. The SMILES string of the molecule is O=C1c2ccccc2C(=O)N1CCC(CCCc1ccccc1)S(=O)(=O)O. The van der Waals surface area contributed by atoms with Gasteiger partial charge in [0.05, 0.1) is 16.4 Å². The Balaban J connectivity index is 1.61. The molecule has 0 aromatic heterocycles. The topological polar surface area (TPSA) is 91.8 Å². The first-order valence-corrected chi connectivity index (χ1v) is 10.3. The quantitative estimate of drug-likeness (QED) is 0.555. The van der Waals surface area contributed by atoms with E-state index in [2.05, 4.69) is 0 Å². The second-order valence-electron chi connectivity index (χ2n) is 6.61. The molecule has 0 bridgehead atoms. The molecule has 0 spiro atoms. The van der Waals surface area contributed by atoms with Gasteiger partial charge in [-0.2, -0.15) is 8.42 Å². The van der Waals surface area contributed by atoms with Crippen molar-refractivity contribution in [2.45, 2.75) is 30.9 Å². The zero-order valence-corrected chi connectivity index (χ0v) is 15.6. The van der Waals surface area contributed by atoms with Crippen molar-refractivity contribution in [3.63, 3.8) is 0 Å². The molecule has 0 radical (unpaired) electrons. The maximum atomic E-state index is 12.4. The summed E-state index contributed by atoms with van der Waals surface area (Å²) >= 11 is 0. The van der Waals surface area contributed by atoms with Crippen LogP contribution >= 0.6 is 0 Å².